The SMILES string of the molecule is CCOc1ccc(/C=C/C(=O)NCCc2cn3cc(C(F)(F)F)ccc3n2)cc1. The molecule has 0 aliphatic rings. The minimum atomic E-state index is -4.40. The summed E-state index contributed by atoms with van der Waals surface area (Å²) in [6.07, 6.45) is 1.66. The number of pyridine rings is 1. The number of imidazole rings is 1. The van der Waals surface area contributed by atoms with Gasteiger partial charge in [-0.3, -0.25) is 4.79 Å². The zero-order valence-corrected chi connectivity index (χ0v) is 15.7. The van der Waals surface area contributed by atoms with E-state index < -0.39 is 11.7 Å². The van der Waals surface area contributed by atoms with Crippen molar-refractivity contribution in [1.29, 1.82) is 0 Å². The van der Waals surface area contributed by atoms with Gasteiger partial charge in [0, 0.05) is 31.4 Å². The van der Waals surface area contributed by atoms with Crippen LogP contribution in [0.15, 0.2) is 54.9 Å². The van der Waals surface area contributed by atoms with Crippen LogP contribution in [0.5, 0.6) is 5.75 Å². The Morgan fingerprint density at radius 3 is 2.62 bits per heavy atom. The highest BCUT2D eigenvalue weighted by Crippen LogP contribution is 2.29. The average Bonchev–Trinajstić information content (AvgIpc) is 3.09. The molecule has 0 spiro atoms. The molecule has 2 aromatic heterocycles. The molecule has 2 heterocycles. The van der Waals surface area contributed by atoms with Gasteiger partial charge in [-0.05, 0) is 42.8 Å². The minimum absolute atomic E-state index is 0.262. The summed E-state index contributed by atoms with van der Waals surface area (Å²) in [4.78, 5) is 16.2. The van der Waals surface area contributed by atoms with Crippen LogP contribution < -0.4 is 10.1 Å². The molecule has 0 saturated heterocycles. The summed E-state index contributed by atoms with van der Waals surface area (Å²) in [6.45, 7) is 2.82. The van der Waals surface area contributed by atoms with Gasteiger partial charge in [0.15, 0.2) is 0 Å². The molecular weight excluding hydrogens is 383 g/mol. The normalized spacial score (nSPS) is 11.9. The second-order valence-corrected chi connectivity index (χ2v) is 6.29. The average molecular weight is 403 g/mol. The molecule has 0 aliphatic carbocycles. The number of halogens is 3. The molecule has 1 N–H and O–H groups in total. The van der Waals surface area contributed by atoms with Crippen LogP contribution in [0, 0.1) is 0 Å². The molecule has 5 nitrogen and oxygen atoms in total. The van der Waals surface area contributed by atoms with Gasteiger partial charge in [-0.2, -0.15) is 13.2 Å². The lowest BCUT2D eigenvalue weighted by Gasteiger charge is -2.05. The van der Waals surface area contributed by atoms with Crippen molar-refractivity contribution in [3.63, 3.8) is 0 Å². The van der Waals surface area contributed by atoms with Crippen molar-refractivity contribution in [3.8, 4) is 5.75 Å². The Labute approximate surface area is 165 Å². The first-order chi connectivity index (χ1) is 13.8. The van der Waals surface area contributed by atoms with Crippen molar-refractivity contribution in [2.75, 3.05) is 13.2 Å². The minimum Gasteiger partial charge on any atom is -0.494 e. The van der Waals surface area contributed by atoms with Crippen LogP contribution in [0.1, 0.15) is 23.7 Å². The van der Waals surface area contributed by atoms with Gasteiger partial charge in [0.1, 0.15) is 11.4 Å². The van der Waals surface area contributed by atoms with E-state index in [-0.39, 0.29) is 5.91 Å². The maximum absolute atomic E-state index is 12.8. The van der Waals surface area contributed by atoms with E-state index in [1.807, 2.05) is 31.2 Å². The fourth-order valence-corrected chi connectivity index (χ4v) is 2.72. The van der Waals surface area contributed by atoms with E-state index in [9.17, 15) is 18.0 Å². The van der Waals surface area contributed by atoms with Crippen molar-refractivity contribution in [1.82, 2.24) is 14.7 Å². The molecule has 1 amide bonds. The molecule has 0 aliphatic heterocycles. The van der Waals surface area contributed by atoms with Crippen molar-refractivity contribution in [2.45, 2.75) is 19.5 Å². The molecule has 0 saturated carbocycles. The van der Waals surface area contributed by atoms with Crippen LogP contribution in [0.25, 0.3) is 11.7 Å². The number of fused-ring (bicyclic) bond motifs is 1. The third kappa shape index (κ3) is 5.60. The van der Waals surface area contributed by atoms with Crippen LogP contribution >= 0.6 is 0 Å². The highest BCUT2D eigenvalue weighted by atomic mass is 19.4. The van der Waals surface area contributed by atoms with Gasteiger partial charge in [0.2, 0.25) is 5.91 Å². The summed E-state index contributed by atoms with van der Waals surface area (Å²) in [7, 11) is 0. The number of nitrogens with zero attached hydrogens (tertiary/aromatic N) is 2. The number of ether oxygens (including phenoxy) is 1. The number of amides is 1. The topological polar surface area (TPSA) is 55.6 Å². The van der Waals surface area contributed by atoms with Gasteiger partial charge in [-0.1, -0.05) is 12.1 Å². The van der Waals surface area contributed by atoms with E-state index in [0.29, 0.717) is 30.9 Å². The number of rotatable bonds is 7. The molecule has 3 aromatic rings. The standard InChI is InChI=1S/C21H20F3N3O2/c1-2-29-18-7-3-15(4-8-18)5-10-20(28)25-12-11-17-14-27-13-16(21(22,23)24)6-9-19(27)26-17/h3-10,13-14H,2,11-12H2,1H3,(H,25,28)/b10-5+. The van der Waals surface area contributed by atoms with E-state index in [1.165, 1.54) is 22.7 Å². The van der Waals surface area contributed by atoms with Crippen LogP contribution in [0.2, 0.25) is 0 Å². The first kappa shape index (κ1) is 20.4. The summed E-state index contributed by atoms with van der Waals surface area (Å²) < 4.78 is 45.0. The van der Waals surface area contributed by atoms with E-state index >= 15 is 0 Å². The van der Waals surface area contributed by atoms with Crippen molar-refractivity contribution in [2.24, 2.45) is 0 Å². The molecule has 0 fully saturated rings. The van der Waals surface area contributed by atoms with Gasteiger partial charge in [0.05, 0.1) is 17.9 Å². The maximum atomic E-state index is 12.8. The van der Waals surface area contributed by atoms with Gasteiger partial charge < -0.3 is 14.5 Å². The molecule has 0 unspecified atom stereocenters. The van der Waals surface area contributed by atoms with E-state index in [0.717, 1.165) is 23.6 Å². The van der Waals surface area contributed by atoms with Crippen molar-refractivity contribution < 1.29 is 22.7 Å². The predicted octanol–water partition coefficient (Wildman–Crippen LogP) is 4.12. The monoisotopic (exact) mass is 403 g/mol. The van der Waals surface area contributed by atoms with Crippen LogP contribution in [0.3, 0.4) is 0 Å². The molecular formula is C21H20F3N3O2. The molecule has 1 aromatic carbocycles. The van der Waals surface area contributed by atoms with Gasteiger partial charge in [0.25, 0.3) is 0 Å². The van der Waals surface area contributed by atoms with Crippen molar-refractivity contribution in [3.05, 3.63) is 71.7 Å². The van der Waals surface area contributed by atoms with Crippen LogP contribution in [-0.2, 0) is 17.4 Å². The summed E-state index contributed by atoms with van der Waals surface area (Å²) in [6, 6.07) is 9.68. The molecule has 152 valence electrons. The molecule has 0 atom stereocenters. The number of hydrogen-bond acceptors (Lipinski definition) is 3. The predicted molar refractivity (Wildman–Crippen MR) is 104 cm³/mol. The molecule has 3 rings (SSSR count). The van der Waals surface area contributed by atoms with E-state index in [1.54, 1.807) is 6.08 Å². The Morgan fingerprint density at radius 1 is 1.17 bits per heavy atom. The first-order valence-corrected chi connectivity index (χ1v) is 9.09. The molecule has 29 heavy (non-hydrogen) atoms. The molecule has 8 heteroatoms. The van der Waals surface area contributed by atoms with Gasteiger partial charge in [-0.25, -0.2) is 4.98 Å². The number of alkyl halides is 3. The number of hydrogen-bond donors (Lipinski definition) is 1. The summed E-state index contributed by atoms with van der Waals surface area (Å²) >= 11 is 0. The summed E-state index contributed by atoms with van der Waals surface area (Å²) in [5.74, 6) is 0.505. The number of aromatic nitrogens is 2. The van der Waals surface area contributed by atoms with Gasteiger partial charge >= 0.3 is 6.18 Å². The Morgan fingerprint density at radius 2 is 1.93 bits per heavy atom. The fraction of sp³-hybridized carbons (Fsp3) is 0.238. The largest absolute Gasteiger partial charge is 0.494 e. The third-order valence-electron chi connectivity index (χ3n) is 4.13. The Hall–Kier alpha value is -3.29. The lowest BCUT2D eigenvalue weighted by atomic mass is 10.2. The highest BCUT2D eigenvalue weighted by molar-refractivity contribution is 5.91. The number of nitrogens with one attached hydrogen (secondary N) is 1. The van der Waals surface area contributed by atoms with E-state index in [4.69, 9.17) is 4.74 Å². The maximum Gasteiger partial charge on any atom is 0.417 e. The quantitative estimate of drug-likeness (QED) is 0.604. The zero-order valence-electron chi connectivity index (χ0n) is 15.7. The lowest BCUT2D eigenvalue weighted by molar-refractivity contribution is -0.137. The van der Waals surface area contributed by atoms with Crippen LogP contribution in [-0.4, -0.2) is 28.4 Å². The molecule has 0 bridgehead atoms. The number of benzene rings is 1. The second-order valence-electron chi connectivity index (χ2n) is 6.29. The smallest absolute Gasteiger partial charge is 0.417 e. The Kier molecular flexibility index (Phi) is 6.21. The Balaban J connectivity index is 1.52. The zero-order chi connectivity index (χ0) is 20.9. The first-order valence-electron chi connectivity index (χ1n) is 9.09. The summed E-state index contributed by atoms with van der Waals surface area (Å²) in [5, 5.41) is 2.73. The lowest BCUT2D eigenvalue weighted by Crippen LogP contribution is -2.23. The number of carbonyl (C=O) groups excluding carboxylic acids is 1. The second kappa shape index (κ2) is 8.81. The van der Waals surface area contributed by atoms with E-state index in [2.05, 4.69) is 10.3 Å². The summed E-state index contributed by atoms with van der Waals surface area (Å²) in [5.41, 5.74) is 1.15. The van der Waals surface area contributed by atoms with Crippen LogP contribution in [0.4, 0.5) is 13.2 Å². The highest BCUT2D eigenvalue weighted by Gasteiger charge is 2.30. The fourth-order valence-electron chi connectivity index (χ4n) is 2.72. The third-order valence-corrected chi connectivity index (χ3v) is 4.13. The molecule has 0 radical (unpaired) electrons. The van der Waals surface area contributed by atoms with Gasteiger partial charge in [-0.15, -0.1) is 0 Å². The Bertz CT molecular complexity index is 1010. The number of carbonyl (C=O) groups is 1. The van der Waals surface area contributed by atoms with Crippen molar-refractivity contribution >= 4 is 17.6 Å².